The van der Waals surface area contributed by atoms with E-state index >= 15 is 0 Å². The first-order chi connectivity index (χ1) is 9.53. The fourth-order valence-electron chi connectivity index (χ4n) is 3.60. The lowest BCUT2D eigenvalue weighted by Gasteiger charge is -2.32. The first kappa shape index (κ1) is 14.6. The summed E-state index contributed by atoms with van der Waals surface area (Å²) in [6, 6.07) is 3.09. The second-order valence-corrected chi connectivity index (χ2v) is 8.49. The van der Waals surface area contributed by atoms with Crippen LogP contribution in [0.3, 0.4) is 0 Å². The van der Waals surface area contributed by atoms with Crippen molar-refractivity contribution in [3.63, 3.8) is 0 Å². The molecule has 2 nitrogen and oxygen atoms in total. The molecule has 112 valence electrons. The standard InChI is InChI=1S/C17H28N2S/c1-17(2,3)18-11-13-7-9-19(12-13)15-5-4-6-16-14(15)8-10-20-16/h8,10,13,15,18H,4-7,9,11-12H2,1-3H3. The minimum Gasteiger partial charge on any atom is -0.312 e. The third-order valence-electron chi connectivity index (χ3n) is 4.70. The highest BCUT2D eigenvalue weighted by atomic mass is 32.1. The molecule has 3 rings (SSSR count). The molecule has 0 bridgehead atoms. The molecule has 1 fully saturated rings. The molecule has 1 aromatic rings. The minimum absolute atomic E-state index is 0.249. The molecule has 2 unspecified atom stereocenters. The van der Waals surface area contributed by atoms with Gasteiger partial charge in [0.1, 0.15) is 0 Å². The number of aryl methyl sites for hydroxylation is 1. The Hall–Kier alpha value is -0.380. The molecular weight excluding hydrogens is 264 g/mol. The maximum Gasteiger partial charge on any atom is 0.0359 e. The van der Waals surface area contributed by atoms with E-state index in [2.05, 4.69) is 42.4 Å². The van der Waals surface area contributed by atoms with Crippen LogP contribution in [0.4, 0.5) is 0 Å². The van der Waals surface area contributed by atoms with E-state index in [1.54, 1.807) is 10.4 Å². The van der Waals surface area contributed by atoms with E-state index in [4.69, 9.17) is 0 Å². The number of thiophene rings is 1. The summed E-state index contributed by atoms with van der Waals surface area (Å²) in [4.78, 5) is 4.40. The van der Waals surface area contributed by atoms with Crippen LogP contribution in [0, 0.1) is 5.92 Å². The highest BCUT2D eigenvalue weighted by Gasteiger charge is 2.32. The normalized spacial score (nSPS) is 27.8. The van der Waals surface area contributed by atoms with Gasteiger partial charge in [0.05, 0.1) is 0 Å². The number of nitrogens with zero attached hydrogens (tertiary/aromatic N) is 1. The zero-order chi connectivity index (χ0) is 14.2. The molecule has 1 aliphatic heterocycles. The van der Waals surface area contributed by atoms with Gasteiger partial charge in [-0.3, -0.25) is 4.90 Å². The van der Waals surface area contributed by atoms with Gasteiger partial charge in [0.15, 0.2) is 0 Å². The molecule has 1 aliphatic carbocycles. The van der Waals surface area contributed by atoms with Gasteiger partial charge in [-0.05, 0) is 82.5 Å². The fraction of sp³-hybridized carbons (Fsp3) is 0.765. The number of hydrogen-bond acceptors (Lipinski definition) is 3. The van der Waals surface area contributed by atoms with Crippen LogP contribution in [0.25, 0.3) is 0 Å². The predicted octanol–water partition coefficient (Wildman–Crippen LogP) is 3.84. The predicted molar refractivity (Wildman–Crippen MR) is 87.4 cm³/mol. The molecule has 1 N–H and O–H groups in total. The smallest absolute Gasteiger partial charge is 0.0359 e. The van der Waals surface area contributed by atoms with Gasteiger partial charge in [-0.15, -0.1) is 11.3 Å². The van der Waals surface area contributed by atoms with Crippen molar-refractivity contribution >= 4 is 11.3 Å². The summed E-state index contributed by atoms with van der Waals surface area (Å²) in [5.41, 5.74) is 1.89. The molecule has 3 heteroatoms. The Labute approximate surface area is 127 Å². The van der Waals surface area contributed by atoms with E-state index in [0.29, 0.717) is 6.04 Å². The van der Waals surface area contributed by atoms with Gasteiger partial charge in [0, 0.05) is 23.0 Å². The number of fused-ring (bicyclic) bond motifs is 1. The second kappa shape index (κ2) is 5.78. The Bertz CT molecular complexity index is 446. The van der Waals surface area contributed by atoms with Gasteiger partial charge in [-0.2, -0.15) is 0 Å². The van der Waals surface area contributed by atoms with Crippen molar-refractivity contribution in [2.45, 2.75) is 58.0 Å². The van der Waals surface area contributed by atoms with Crippen LogP contribution in [0.1, 0.15) is 56.5 Å². The van der Waals surface area contributed by atoms with E-state index in [0.717, 1.165) is 5.92 Å². The molecule has 1 saturated heterocycles. The minimum atomic E-state index is 0.249. The Morgan fingerprint density at radius 1 is 1.35 bits per heavy atom. The Morgan fingerprint density at radius 2 is 2.20 bits per heavy atom. The van der Waals surface area contributed by atoms with Gasteiger partial charge >= 0.3 is 0 Å². The molecular formula is C17H28N2S. The summed E-state index contributed by atoms with van der Waals surface area (Å²) in [5.74, 6) is 0.832. The number of hydrogen-bond donors (Lipinski definition) is 1. The summed E-state index contributed by atoms with van der Waals surface area (Å²) in [7, 11) is 0. The molecule has 0 aromatic carbocycles. The molecule has 2 aliphatic rings. The van der Waals surface area contributed by atoms with E-state index in [1.807, 2.05) is 11.3 Å². The summed E-state index contributed by atoms with van der Waals surface area (Å²) in [6.45, 7) is 10.5. The largest absolute Gasteiger partial charge is 0.312 e. The first-order valence-electron chi connectivity index (χ1n) is 8.08. The topological polar surface area (TPSA) is 15.3 Å². The molecule has 0 amide bonds. The third kappa shape index (κ3) is 3.26. The average molecular weight is 292 g/mol. The van der Waals surface area contributed by atoms with E-state index in [1.165, 1.54) is 45.3 Å². The third-order valence-corrected chi connectivity index (χ3v) is 5.70. The monoisotopic (exact) mass is 292 g/mol. The number of nitrogens with one attached hydrogen (secondary N) is 1. The van der Waals surface area contributed by atoms with Crippen LogP contribution < -0.4 is 5.32 Å². The SMILES string of the molecule is CC(C)(C)NCC1CCN(C2CCCc3sccc32)C1. The lowest BCUT2D eigenvalue weighted by Crippen LogP contribution is -2.40. The van der Waals surface area contributed by atoms with Crippen molar-refractivity contribution < 1.29 is 0 Å². The van der Waals surface area contributed by atoms with Crippen LogP contribution in [0.15, 0.2) is 11.4 Å². The first-order valence-corrected chi connectivity index (χ1v) is 8.96. The van der Waals surface area contributed by atoms with Crippen molar-refractivity contribution in [2.75, 3.05) is 19.6 Å². The highest BCUT2D eigenvalue weighted by molar-refractivity contribution is 7.10. The lowest BCUT2D eigenvalue weighted by atomic mass is 9.93. The van der Waals surface area contributed by atoms with Crippen LogP contribution in [0.5, 0.6) is 0 Å². The maximum atomic E-state index is 3.68. The van der Waals surface area contributed by atoms with Crippen LogP contribution >= 0.6 is 11.3 Å². The maximum absolute atomic E-state index is 3.68. The molecule has 0 spiro atoms. The Balaban J connectivity index is 1.59. The zero-order valence-electron chi connectivity index (χ0n) is 13.1. The molecule has 20 heavy (non-hydrogen) atoms. The summed E-state index contributed by atoms with van der Waals surface area (Å²) < 4.78 is 0. The Kier molecular flexibility index (Phi) is 4.21. The number of rotatable bonds is 3. The van der Waals surface area contributed by atoms with Gasteiger partial charge in [0.2, 0.25) is 0 Å². The molecule has 0 saturated carbocycles. The lowest BCUT2D eigenvalue weighted by molar-refractivity contribution is 0.212. The van der Waals surface area contributed by atoms with E-state index in [9.17, 15) is 0 Å². The summed E-state index contributed by atoms with van der Waals surface area (Å²) in [6.07, 6.45) is 5.41. The van der Waals surface area contributed by atoms with Crippen molar-refractivity contribution in [2.24, 2.45) is 5.92 Å². The van der Waals surface area contributed by atoms with Crippen molar-refractivity contribution in [3.8, 4) is 0 Å². The zero-order valence-corrected chi connectivity index (χ0v) is 13.9. The van der Waals surface area contributed by atoms with Crippen molar-refractivity contribution in [3.05, 3.63) is 21.9 Å². The molecule has 1 aromatic heterocycles. The Morgan fingerprint density at radius 3 is 3.00 bits per heavy atom. The van der Waals surface area contributed by atoms with Crippen molar-refractivity contribution in [1.82, 2.24) is 10.2 Å². The van der Waals surface area contributed by atoms with Crippen LogP contribution in [-0.2, 0) is 6.42 Å². The molecule has 2 heterocycles. The summed E-state index contributed by atoms with van der Waals surface area (Å²) in [5, 5.41) is 5.97. The van der Waals surface area contributed by atoms with E-state index in [-0.39, 0.29) is 5.54 Å². The van der Waals surface area contributed by atoms with Gasteiger partial charge in [-0.25, -0.2) is 0 Å². The van der Waals surface area contributed by atoms with Crippen molar-refractivity contribution in [1.29, 1.82) is 0 Å². The van der Waals surface area contributed by atoms with Gasteiger partial charge in [0.25, 0.3) is 0 Å². The fourth-order valence-corrected chi connectivity index (χ4v) is 4.59. The highest BCUT2D eigenvalue weighted by Crippen LogP contribution is 2.39. The van der Waals surface area contributed by atoms with Gasteiger partial charge < -0.3 is 5.32 Å². The quantitative estimate of drug-likeness (QED) is 0.910. The summed E-state index contributed by atoms with van der Waals surface area (Å²) >= 11 is 1.96. The van der Waals surface area contributed by atoms with Crippen LogP contribution in [-0.4, -0.2) is 30.1 Å². The molecule has 2 atom stereocenters. The second-order valence-electron chi connectivity index (χ2n) is 7.49. The average Bonchev–Trinajstić information content (AvgIpc) is 3.04. The van der Waals surface area contributed by atoms with Gasteiger partial charge in [-0.1, -0.05) is 0 Å². The number of likely N-dealkylation sites (tertiary alicyclic amines) is 1. The molecule has 0 radical (unpaired) electrons. The van der Waals surface area contributed by atoms with E-state index < -0.39 is 0 Å². The van der Waals surface area contributed by atoms with Crippen LogP contribution in [0.2, 0.25) is 0 Å².